The lowest BCUT2D eigenvalue weighted by Crippen LogP contribution is -2.55. The van der Waals surface area contributed by atoms with E-state index in [4.69, 9.17) is 39.0 Å². The minimum absolute atomic E-state index is 0.0248. The fourth-order valence-corrected chi connectivity index (χ4v) is 12.6. The summed E-state index contributed by atoms with van der Waals surface area (Å²) in [7, 11) is -5.05. The molecule has 410 valence electrons. The lowest BCUT2D eigenvalue weighted by Gasteiger charge is -2.29. The molecule has 3 saturated heterocycles. The van der Waals surface area contributed by atoms with Crippen LogP contribution in [0, 0.1) is 5.92 Å². The summed E-state index contributed by atoms with van der Waals surface area (Å²) < 4.78 is 81.7. The van der Waals surface area contributed by atoms with Gasteiger partial charge in [0.05, 0.1) is 19.5 Å². The second-order valence-corrected chi connectivity index (χ2v) is 23.3. The number of amides is 7. The molecule has 4 aliphatic heterocycles. The zero-order valence-corrected chi connectivity index (χ0v) is 42.8. The molecule has 3 aromatic heterocycles. The number of primary amides is 1. The van der Waals surface area contributed by atoms with Crippen LogP contribution in [0.2, 0.25) is 0 Å². The minimum Gasteiger partial charge on any atom is -0.382 e. The first-order chi connectivity index (χ1) is 35.6. The van der Waals surface area contributed by atoms with Gasteiger partial charge in [-0.1, -0.05) is 13.8 Å². The molecule has 7 rings (SSSR count). The Balaban J connectivity index is 1.04. The third-order valence-corrected chi connectivity index (χ3v) is 16.8. The number of imide groups is 1. The van der Waals surface area contributed by atoms with Crippen molar-refractivity contribution in [3.63, 3.8) is 0 Å². The lowest BCUT2D eigenvalue weighted by molar-refractivity contribution is -0.137. The van der Waals surface area contributed by atoms with E-state index in [2.05, 4.69) is 36.2 Å². The molecule has 0 spiro atoms. The van der Waals surface area contributed by atoms with Crippen molar-refractivity contribution in [1.29, 1.82) is 0 Å². The van der Waals surface area contributed by atoms with Crippen LogP contribution in [0.4, 0.5) is 15.0 Å². The Morgan fingerprint density at radius 1 is 0.920 bits per heavy atom. The summed E-state index contributed by atoms with van der Waals surface area (Å²) in [6, 6.07) is -2.29. The summed E-state index contributed by atoms with van der Waals surface area (Å²) >= 11 is 0.498. The number of H-pyrrole nitrogens is 1. The molecule has 34 heteroatoms. The Kier molecular flexibility index (Phi) is 18.8. The zero-order chi connectivity index (χ0) is 54.2. The van der Waals surface area contributed by atoms with Gasteiger partial charge < -0.3 is 47.1 Å². The number of aromatic amines is 1. The molecule has 11 atom stereocenters. The summed E-state index contributed by atoms with van der Waals surface area (Å²) in [5.74, 6) is -3.54. The molecular formula is C41H56FN13O17P2S. The number of unbranched alkanes of at least 4 members (excludes halogenated alkanes) is 1. The molecule has 4 aliphatic rings. The van der Waals surface area contributed by atoms with Crippen LogP contribution < -0.4 is 44.0 Å². The van der Waals surface area contributed by atoms with Gasteiger partial charge in [0.1, 0.15) is 54.6 Å². The highest BCUT2D eigenvalue weighted by molar-refractivity contribution is 8.55. The summed E-state index contributed by atoms with van der Waals surface area (Å²) in [5, 5.41) is 10.4. The number of alkyl halides is 1. The number of rotatable bonds is 20. The van der Waals surface area contributed by atoms with E-state index in [9.17, 15) is 52.4 Å². The number of aromatic nitrogens is 6. The van der Waals surface area contributed by atoms with Crippen molar-refractivity contribution in [2.24, 2.45) is 11.7 Å². The third kappa shape index (κ3) is 14.5. The van der Waals surface area contributed by atoms with E-state index >= 15 is 4.39 Å². The Hall–Kier alpha value is -5.95. The van der Waals surface area contributed by atoms with Gasteiger partial charge in [0.15, 0.2) is 23.9 Å². The zero-order valence-electron chi connectivity index (χ0n) is 40.2. The number of carbonyl (C=O) groups excluding carboxylic acids is 6. The highest BCUT2D eigenvalue weighted by Crippen LogP contribution is 2.63. The van der Waals surface area contributed by atoms with E-state index in [1.807, 2.05) is 4.98 Å². The molecule has 0 bridgehead atoms. The molecule has 10 N–H and O–H groups in total. The highest BCUT2D eigenvalue weighted by atomic mass is 32.7. The molecule has 3 aromatic rings. The maximum atomic E-state index is 16.6. The number of fused-ring (bicyclic) bond motifs is 3. The van der Waals surface area contributed by atoms with Gasteiger partial charge in [0.25, 0.3) is 17.4 Å². The van der Waals surface area contributed by atoms with Crippen molar-refractivity contribution in [2.45, 2.75) is 107 Å². The maximum Gasteiger partial charge on any atom is 0.472 e. The quantitative estimate of drug-likeness (QED) is 0.0403. The SMILES string of the molecule is CC(C)C(NC(=O)CCCCN1C(=O)C=CC1=O)C(=O)NC(CCCNC(N)=O)C(=O)NCCSP1(=O)OC[C@H]2O[C@@H](n3cnc4c(N)ncnc43)C[C@@H]2OP(=O)(O)OC[C@H]2O[C@@H](n3ccc(=O)[nH]c3=O)[C@H](F)[C@@H]2O1. The van der Waals surface area contributed by atoms with E-state index in [0.717, 1.165) is 29.3 Å². The van der Waals surface area contributed by atoms with Gasteiger partial charge >= 0.3 is 26.3 Å². The molecule has 7 heterocycles. The van der Waals surface area contributed by atoms with Crippen LogP contribution in [-0.2, 0) is 60.7 Å². The Labute approximate surface area is 428 Å². The average Bonchev–Trinajstić information content (AvgIpc) is 4.12. The number of carbonyl (C=O) groups is 6. The van der Waals surface area contributed by atoms with Crippen LogP contribution in [0.5, 0.6) is 0 Å². The number of nitrogens with one attached hydrogen (secondary N) is 5. The number of urea groups is 1. The normalized spacial score (nSPS) is 27.7. The summed E-state index contributed by atoms with van der Waals surface area (Å²) in [6.07, 6.45) is -5.09. The maximum absolute atomic E-state index is 16.6. The van der Waals surface area contributed by atoms with Crippen molar-refractivity contribution in [2.75, 3.05) is 44.3 Å². The predicted molar refractivity (Wildman–Crippen MR) is 258 cm³/mol. The van der Waals surface area contributed by atoms with Gasteiger partial charge in [-0.2, -0.15) is 0 Å². The molecule has 7 amide bonds. The number of hydrogen-bond donors (Lipinski definition) is 8. The van der Waals surface area contributed by atoms with E-state index < -0.39 is 136 Å². The number of hydrogen-bond acceptors (Lipinski definition) is 21. The van der Waals surface area contributed by atoms with Gasteiger partial charge in [0, 0.05) is 62.6 Å². The van der Waals surface area contributed by atoms with Gasteiger partial charge in [-0.25, -0.2) is 38.1 Å². The van der Waals surface area contributed by atoms with Crippen molar-refractivity contribution in [3.05, 3.63) is 57.9 Å². The first-order valence-electron chi connectivity index (χ1n) is 23.5. The Morgan fingerprint density at radius 3 is 2.39 bits per heavy atom. The van der Waals surface area contributed by atoms with E-state index in [0.29, 0.717) is 22.4 Å². The number of nitrogen functional groups attached to an aromatic ring is 1. The molecule has 30 nitrogen and oxygen atoms in total. The number of phosphoric ester groups is 1. The van der Waals surface area contributed by atoms with Gasteiger partial charge in [0.2, 0.25) is 17.7 Å². The standard InChI is InChI=1S/C41H56FN13O17P2S/c1-21(2)32(51-26(56)7-3-4-13-53-28(58)8-9-29(53)59)38(61)50-22(6-5-11-46-40(44)62)37(60)45-12-15-75-74(66)68-17-24-23(16-30(69-24)55-20-49-33-35(43)47-19-48-36(33)55)71-73(64,65)67-18-25-34(72-74)31(42)39(70-25)54-14-10-27(57)52-41(54)63/h8-10,14,19-25,30-32,34,39H,3-7,11-13,15-18H2,1-2H3,(H,45,60)(H,50,61)(H,51,56)(H,64,65)(H2,43,47,48)(H3,44,46,62)(H,52,57,63)/t22?,23-,24+,25+,30+,31+,32?,34+,39+,74?/m0/s1. The van der Waals surface area contributed by atoms with Crippen molar-refractivity contribution in [1.82, 2.24) is 55.2 Å². The topological polar surface area (TPSA) is 414 Å². The van der Waals surface area contributed by atoms with Crippen molar-refractivity contribution in [3.8, 4) is 0 Å². The van der Waals surface area contributed by atoms with Gasteiger partial charge in [-0.15, -0.1) is 0 Å². The van der Waals surface area contributed by atoms with Gasteiger partial charge in [-0.05, 0) is 43.0 Å². The van der Waals surface area contributed by atoms with Crippen LogP contribution in [0.3, 0.4) is 0 Å². The molecule has 0 radical (unpaired) electrons. The largest absolute Gasteiger partial charge is 0.472 e. The highest BCUT2D eigenvalue weighted by Gasteiger charge is 2.53. The number of ether oxygens (including phenoxy) is 2. The molecule has 0 saturated carbocycles. The van der Waals surface area contributed by atoms with Crippen molar-refractivity contribution < 1.29 is 74.7 Å². The van der Waals surface area contributed by atoms with Crippen LogP contribution in [0.1, 0.15) is 64.8 Å². The fourth-order valence-electron chi connectivity index (χ4n) is 8.29. The molecule has 0 aromatic carbocycles. The van der Waals surface area contributed by atoms with Crippen molar-refractivity contribution >= 4 is 78.6 Å². The number of nitrogens with two attached hydrogens (primary N) is 2. The smallest absolute Gasteiger partial charge is 0.382 e. The average molecular weight is 1120 g/mol. The van der Waals surface area contributed by atoms with Gasteiger partial charge in [-0.3, -0.25) is 65.9 Å². The number of phosphoric acid groups is 1. The predicted octanol–water partition coefficient (Wildman–Crippen LogP) is -0.474. The number of imidazole rings is 1. The second-order valence-electron chi connectivity index (χ2n) is 17.7. The summed E-state index contributed by atoms with van der Waals surface area (Å²) in [4.78, 5) is 126. The van der Waals surface area contributed by atoms with Crippen LogP contribution in [0.15, 0.2) is 46.7 Å². The minimum atomic E-state index is -5.05. The molecular weight excluding hydrogens is 1060 g/mol. The van der Waals surface area contributed by atoms with E-state index in [1.54, 1.807) is 13.8 Å². The number of halogens is 1. The van der Waals surface area contributed by atoms with Crippen LogP contribution in [-0.4, -0.2) is 156 Å². The molecule has 75 heavy (non-hydrogen) atoms. The number of anilines is 1. The Morgan fingerprint density at radius 2 is 1.67 bits per heavy atom. The molecule has 4 unspecified atom stereocenters. The third-order valence-electron chi connectivity index (χ3n) is 12.0. The van der Waals surface area contributed by atoms with Crippen LogP contribution in [0.25, 0.3) is 11.2 Å². The molecule has 3 fully saturated rings. The first kappa shape index (κ1) is 56.8. The van der Waals surface area contributed by atoms with E-state index in [1.165, 1.54) is 17.2 Å². The van der Waals surface area contributed by atoms with Crippen LogP contribution >= 0.6 is 26.0 Å². The fraction of sp³-hybridized carbons (Fsp3) is 0.585. The number of nitrogens with zero attached hydrogens (tertiary/aromatic N) is 6. The second kappa shape index (κ2) is 24.8. The monoisotopic (exact) mass is 1120 g/mol. The lowest BCUT2D eigenvalue weighted by atomic mass is 10.0. The summed E-state index contributed by atoms with van der Waals surface area (Å²) in [6.45, 7) is -3.11. The molecule has 0 aliphatic carbocycles. The first-order valence-corrected chi connectivity index (χ1v) is 28.1. The van der Waals surface area contributed by atoms with E-state index in [-0.39, 0.29) is 74.5 Å². The Bertz CT molecular complexity index is 2860. The summed E-state index contributed by atoms with van der Waals surface area (Å²) in [5.41, 5.74) is 9.73.